The molecule has 0 amide bonds. The highest BCUT2D eigenvalue weighted by atomic mass is 79.9. The first-order chi connectivity index (χ1) is 15.8. The van der Waals surface area contributed by atoms with Gasteiger partial charge in [0.25, 0.3) is 17.5 Å². The van der Waals surface area contributed by atoms with Gasteiger partial charge in [0.05, 0.1) is 13.4 Å². The van der Waals surface area contributed by atoms with Gasteiger partial charge in [0.2, 0.25) is 0 Å². The van der Waals surface area contributed by atoms with Crippen LogP contribution in [0.25, 0.3) is 0 Å². The Hall–Kier alpha value is -1.05. The van der Waals surface area contributed by atoms with Crippen LogP contribution in [0.3, 0.4) is 0 Å². The maximum absolute atomic E-state index is 6.19. The van der Waals surface area contributed by atoms with Crippen LogP contribution in [0.5, 0.6) is 34.8 Å². The molecule has 33 heavy (non-hydrogen) atoms. The van der Waals surface area contributed by atoms with Crippen molar-refractivity contribution in [3.63, 3.8) is 0 Å². The molecule has 0 fully saturated rings. The average molecular weight is 831 g/mol. The molecule has 4 aromatic rings. The lowest BCUT2D eigenvalue weighted by atomic mass is 10.3. The number of benzene rings is 3. The Balaban J connectivity index is 1.82. The van der Waals surface area contributed by atoms with E-state index >= 15 is 0 Å². The number of halogens is 6. The summed E-state index contributed by atoms with van der Waals surface area (Å²) in [6, 6.07) is 16.5. The van der Waals surface area contributed by atoms with E-state index in [9.17, 15) is 0 Å². The zero-order valence-corrected chi connectivity index (χ0v) is 25.5. The van der Waals surface area contributed by atoms with Crippen molar-refractivity contribution in [1.82, 2.24) is 15.4 Å². The Labute approximate surface area is 239 Å². The molecule has 12 heteroatoms. The highest BCUT2D eigenvalue weighted by Crippen LogP contribution is 2.46. The first-order valence-corrected chi connectivity index (χ1v) is 13.7. The molecule has 0 aliphatic rings. The van der Waals surface area contributed by atoms with Gasteiger partial charge >= 0.3 is 0 Å². The molecule has 0 unspecified atom stereocenters. The molecule has 3 aromatic carbocycles. The van der Waals surface area contributed by atoms with E-state index in [0.29, 0.717) is 30.7 Å². The summed E-state index contributed by atoms with van der Waals surface area (Å²) >= 11 is 21.0. The number of hydrogen-bond donors (Lipinski definition) is 0. The van der Waals surface area contributed by atoms with Crippen LogP contribution in [-0.2, 0) is 0 Å². The van der Waals surface area contributed by atoms with Crippen molar-refractivity contribution in [2.45, 2.75) is 0 Å². The molecule has 0 N–H and O–H groups in total. The van der Waals surface area contributed by atoms with Crippen LogP contribution in [0.4, 0.5) is 0 Å². The third kappa shape index (κ3) is 5.79. The molecule has 0 aliphatic heterocycles. The lowest BCUT2D eigenvalue weighted by Crippen LogP contribution is -2.02. The molecule has 0 radical (unpaired) electrons. The third-order valence-corrected chi connectivity index (χ3v) is 10.1. The molecule has 1 aromatic heterocycles. The smallest absolute Gasteiger partial charge is 0.290 e. The van der Waals surface area contributed by atoms with E-state index in [-0.39, 0.29) is 17.5 Å². The van der Waals surface area contributed by atoms with Crippen LogP contribution in [-0.4, -0.2) is 15.4 Å². The normalized spacial score (nSPS) is 10.7. The van der Waals surface area contributed by atoms with Crippen molar-refractivity contribution >= 4 is 95.6 Å². The SMILES string of the molecule is Brc1cccc(Oc2nnnc(Oc3cccc(Br)c3Br)c2Oc2cccc(Br)c2Br)c1Br. The average Bonchev–Trinajstić information content (AvgIpc) is 2.79. The minimum atomic E-state index is 0.0665. The van der Waals surface area contributed by atoms with Crippen LogP contribution in [0.15, 0.2) is 81.4 Å². The summed E-state index contributed by atoms with van der Waals surface area (Å²) in [5.74, 6) is 1.77. The number of ether oxygens (including phenoxy) is 3. The molecular formula is C21H9Br6N3O3. The van der Waals surface area contributed by atoms with Gasteiger partial charge in [-0.15, -0.1) is 0 Å². The zero-order chi connectivity index (χ0) is 23.5. The van der Waals surface area contributed by atoms with Crippen molar-refractivity contribution in [2.24, 2.45) is 0 Å². The summed E-state index contributed by atoms with van der Waals surface area (Å²) in [6.07, 6.45) is 0. The van der Waals surface area contributed by atoms with Crippen LogP contribution < -0.4 is 14.2 Å². The van der Waals surface area contributed by atoms with Crippen molar-refractivity contribution in [3.8, 4) is 34.8 Å². The van der Waals surface area contributed by atoms with Gasteiger partial charge < -0.3 is 14.2 Å². The zero-order valence-electron chi connectivity index (χ0n) is 16.0. The highest BCUT2D eigenvalue weighted by molar-refractivity contribution is 9.13. The van der Waals surface area contributed by atoms with Gasteiger partial charge in [0, 0.05) is 13.4 Å². The van der Waals surface area contributed by atoms with Gasteiger partial charge in [-0.25, -0.2) is 0 Å². The topological polar surface area (TPSA) is 66.4 Å². The van der Waals surface area contributed by atoms with E-state index in [2.05, 4.69) is 111 Å². The fraction of sp³-hybridized carbons (Fsp3) is 0. The summed E-state index contributed by atoms with van der Waals surface area (Å²) in [7, 11) is 0. The molecule has 0 spiro atoms. The van der Waals surface area contributed by atoms with E-state index in [1.807, 2.05) is 36.4 Å². The van der Waals surface area contributed by atoms with Gasteiger partial charge in [-0.2, -0.15) is 0 Å². The van der Waals surface area contributed by atoms with Gasteiger partial charge in [-0.3, -0.25) is 0 Å². The van der Waals surface area contributed by atoms with Gasteiger partial charge in [-0.05, 0) is 137 Å². The van der Waals surface area contributed by atoms with E-state index in [1.54, 1.807) is 18.2 Å². The first-order valence-electron chi connectivity index (χ1n) is 8.94. The molecule has 168 valence electrons. The highest BCUT2D eigenvalue weighted by Gasteiger charge is 2.23. The largest absolute Gasteiger partial charge is 0.445 e. The second kappa shape index (κ2) is 11.1. The Bertz CT molecular complexity index is 1270. The summed E-state index contributed by atoms with van der Waals surface area (Å²) in [6.45, 7) is 0. The summed E-state index contributed by atoms with van der Waals surface area (Å²) in [5.41, 5.74) is 0. The molecule has 0 atom stereocenters. The number of hydrogen-bond acceptors (Lipinski definition) is 6. The second-order valence-electron chi connectivity index (χ2n) is 6.19. The fourth-order valence-electron chi connectivity index (χ4n) is 2.51. The van der Waals surface area contributed by atoms with Crippen molar-refractivity contribution in [3.05, 3.63) is 81.4 Å². The predicted octanol–water partition coefficient (Wildman–Crippen LogP) is 9.82. The van der Waals surface area contributed by atoms with E-state index in [1.165, 1.54) is 0 Å². The van der Waals surface area contributed by atoms with Gasteiger partial charge in [0.1, 0.15) is 17.2 Å². The summed E-state index contributed by atoms with van der Waals surface area (Å²) < 4.78 is 22.8. The minimum Gasteiger partial charge on any atom is -0.445 e. The van der Waals surface area contributed by atoms with Crippen LogP contribution in [0.2, 0.25) is 0 Å². The Morgan fingerprint density at radius 1 is 0.485 bits per heavy atom. The van der Waals surface area contributed by atoms with Crippen LogP contribution in [0, 0.1) is 0 Å². The number of aromatic nitrogens is 3. The molecule has 0 aliphatic carbocycles. The first kappa shape index (κ1) is 25.1. The quantitative estimate of drug-likeness (QED) is 0.193. The minimum absolute atomic E-state index is 0.0665. The molecule has 0 bridgehead atoms. The van der Waals surface area contributed by atoms with Crippen molar-refractivity contribution < 1.29 is 14.2 Å². The summed E-state index contributed by atoms with van der Waals surface area (Å²) in [5, 5.41) is 11.9. The van der Waals surface area contributed by atoms with Gasteiger partial charge in [-0.1, -0.05) is 28.4 Å². The maximum atomic E-state index is 6.19. The van der Waals surface area contributed by atoms with E-state index < -0.39 is 0 Å². The predicted molar refractivity (Wildman–Crippen MR) is 146 cm³/mol. The molecular weight excluding hydrogens is 822 g/mol. The van der Waals surface area contributed by atoms with E-state index in [4.69, 9.17) is 14.2 Å². The third-order valence-electron chi connectivity index (χ3n) is 4.03. The Kier molecular flexibility index (Phi) is 8.45. The molecule has 0 saturated carbocycles. The Morgan fingerprint density at radius 2 is 0.848 bits per heavy atom. The lowest BCUT2D eigenvalue weighted by molar-refractivity contribution is 0.352. The fourth-order valence-corrected chi connectivity index (χ4v) is 4.59. The van der Waals surface area contributed by atoms with E-state index in [0.717, 1.165) is 13.4 Å². The van der Waals surface area contributed by atoms with Crippen molar-refractivity contribution in [2.75, 3.05) is 0 Å². The number of rotatable bonds is 6. The van der Waals surface area contributed by atoms with Gasteiger partial charge in [0.15, 0.2) is 0 Å². The monoisotopic (exact) mass is 825 g/mol. The molecule has 0 saturated heterocycles. The molecule has 6 nitrogen and oxygen atoms in total. The second-order valence-corrected chi connectivity index (χ2v) is 11.1. The summed E-state index contributed by atoms with van der Waals surface area (Å²) in [4.78, 5) is 0. The standard InChI is InChI=1S/C21H9Br6N3O3/c22-10-4-1-7-13(16(10)25)31-19-20(32-14-8-2-5-11(23)17(14)26)28-30-29-21(19)33-15-9-3-6-12(24)18(15)27/h1-9H. The Morgan fingerprint density at radius 3 is 1.24 bits per heavy atom. The molecule has 1 heterocycles. The maximum Gasteiger partial charge on any atom is 0.290 e. The van der Waals surface area contributed by atoms with Crippen LogP contribution in [0.1, 0.15) is 0 Å². The number of nitrogens with zero attached hydrogens (tertiary/aromatic N) is 3. The van der Waals surface area contributed by atoms with Crippen molar-refractivity contribution in [1.29, 1.82) is 0 Å². The lowest BCUT2D eigenvalue weighted by Gasteiger charge is -2.16. The molecule has 4 rings (SSSR count). The van der Waals surface area contributed by atoms with Crippen LogP contribution >= 0.6 is 95.6 Å².